The number of hydrogen-bond donors (Lipinski definition) is 3. The van der Waals surface area contributed by atoms with Gasteiger partial charge in [-0.15, -0.1) is 0 Å². The second-order valence-corrected chi connectivity index (χ2v) is 7.81. The molecule has 6 nitrogen and oxygen atoms in total. The van der Waals surface area contributed by atoms with Crippen molar-refractivity contribution in [3.8, 4) is 17.4 Å². The predicted octanol–water partition coefficient (Wildman–Crippen LogP) is 4.28. The number of fused-ring (bicyclic) bond motifs is 1. The van der Waals surface area contributed by atoms with Crippen LogP contribution in [0.2, 0.25) is 10.0 Å². The van der Waals surface area contributed by atoms with Crippen molar-refractivity contribution < 1.29 is 9.15 Å². The second-order valence-electron chi connectivity index (χ2n) is 7.00. The molecule has 146 valence electrons. The monoisotopic (exact) mass is 418 g/mol. The highest BCUT2D eigenvalue weighted by atomic mass is 35.5. The molecule has 2 aromatic rings. The molecular weight excluding hydrogens is 399 g/mol. The maximum Gasteiger partial charge on any atom is 0.200 e. The van der Waals surface area contributed by atoms with E-state index in [0.29, 0.717) is 27.1 Å². The number of hydrazine groups is 1. The predicted molar refractivity (Wildman–Crippen MR) is 107 cm³/mol. The van der Waals surface area contributed by atoms with Crippen molar-refractivity contribution in [2.24, 2.45) is 11.7 Å². The first-order valence-electron chi connectivity index (χ1n) is 9.16. The van der Waals surface area contributed by atoms with Gasteiger partial charge in [-0.05, 0) is 36.8 Å². The molecule has 1 saturated heterocycles. The van der Waals surface area contributed by atoms with Gasteiger partial charge in [0.25, 0.3) is 0 Å². The Labute approximate surface area is 173 Å². The molecular formula is C20H20Cl2N4O2. The zero-order valence-corrected chi connectivity index (χ0v) is 16.7. The average Bonchev–Trinajstić information content (AvgIpc) is 3.31. The van der Waals surface area contributed by atoms with Crippen molar-refractivity contribution in [1.29, 1.82) is 5.26 Å². The molecule has 4 atom stereocenters. The van der Waals surface area contributed by atoms with Crippen LogP contribution in [0, 0.1) is 17.2 Å². The minimum Gasteiger partial charge on any atom is -0.460 e. The van der Waals surface area contributed by atoms with Crippen molar-refractivity contribution in [3.05, 3.63) is 57.6 Å². The van der Waals surface area contributed by atoms with E-state index in [0.717, 1.165) is 18.4 Å². The summed E-state index contributed by atoms with van der Waals surface area (Å²) in [5.41, 5.74) is 13.7. The Kier molecular flexibility index (Phi) is 5.26. The summed E-state index contributed by atoms with van der Waals surface area (Å²) in [6.45, 7) is 2.12. The van der Waals surface area contributed by atoms with Gasteiger partial charge in [-0.1, -0.05) is 36.5 Å². The molecule has 4 rings (SSSR count). The molecule has 0 bridgehead atoms. The molecule has 1 aromatic carbocycles. The van der Waals surface area contributed by atoms with E-state index < -0.39 is 0 Å². The highest BCUT2D eigenvalue weighted by Gasteiger charge is 2.49. The molecule has 3 heterocycles. The Morgan fingerprint density at radius 3 is 2.71 bits per heavy atom. The highest BCUT2D eigenvalue weighted by molar-refractivity contribution is 6.42. The minimum absolute atomic E-state index is 0.0188. The van der Waals surface area contributed by atoms with Crippen LogP contribution in [0.5, 0.6) is 0 Å². The van der Waals surface area contributed by atoms with Crippen molar-refractivity contribution in [1.82, 2.24) is 10.9 Å². The molecule has 4 N–H and O–H groups in total. The lowest BCUT2D eigenvalue weighted by atomic mass is 9.77. The molecule has 1 aromatic heterocycles. The third-order valence-electron chi connectivity index (χ3n) is 5.30. The molecule has 28 heavy (non-hydrogen) atoms. The zero-order valence-electron chi connectivity index (χ0n) is 15.2. The van der Waals surface area contributed by atoms with Crippen LogP contribution in [-0.2, 0) is 4.74 Å². The molecule has 8 heteroatoms. The van der Waals surface area contributed by atoms with Crippen LogP contribution in [-0.4, -0.2) is 12.3 Å². The number of nitrogens with two attached hydrogens (primary N) is 1. The van der Waals surface area contributed by atoms with Crippen molar-refractivity contribution in [2.45, 2.75) is 38.0 Å². The normalized spacial score (nSPS) is 26.6. The summed E-state index contributed by atoms with van der Waals surface area (Å²) in [5.74, 6) is 1.13. The minimum atomic E-state index is -0.322. The van der Waals surface area contributed by atoms with Gasteiger partial charge in [0.2, 0.25) is 5.88 Å². The number of nitrogens with one attached hydrogen (secondary N) is 2. The maximum absolute atomic E-state index is 9.74. The number of nitrogens with zero attached hydrogens (tertiary/aromatic N) is 1. The van der Waals surface area contributed by atoms with Crippen molar-refractivity contribution >= 4 is 23.2 Å². The van der Waals surface area contributed by atoms with Gasteiger partial charge < -0.3 is 14.9 Å². The topological polar surface area (TPSA) is 96.2 Å². The first-order chi connectivity index (χ1) is 13.5. The van der Waals surface area contributed by atoms with E-state index in [1.165, 1.54) is 0 Å². The smallest absolute Gasteiger partial charge is 0.200 e. The van der Waals surface area contributed by atoms with Crippen LogP contribution in [0.4, 0.5) is 0 Å². The summed E-state index contributed by atoms with van der Waals surface area (Å²) in [6.07, 6.45) is 1.62. The Morgan fingerprint density at radius 2 is 2.00 bits per heavy atom. The number of benzene rings is 1. The Bertz CT molecular complexity index is 965. The van der Waals surface area contributed by atoms with Gasteiger partial charge in [0.1, 0.15) is 23.2 Å². The van der Waals surface area contributed by atoms with E-state index in [4.69, 9.17) is 38.1 Å². The molecule has 0 radical (unpaired) electrons. The molecule has 0 amide bonds. The van der Waals surface area contributed by atoms with Gasteiger partial charge >= 0.3 is 0 Å². The SMILES string of the molecule is CCCC1NNC2OC(N)=C(C#N)C(c3ccc(-c4ccc(Cl)c(Cl)c4)o3)C12. The number of ether oxygens (including phenoxy) is 1. The van der Waals surface area contributed by atoms with E-state index in [1.54, 1.807) is 12.1 Å². The van der Waals surface area contributed by atoms with Gasteiger partial charge in [0.05, 0.1) is 16.0 Å². The zero-order chi connectivity index (χ0) is 19.8. The van der Waals surface area contributed by atoms with Crippen LogP contribution in [0.3, 0.4) is 0 Å². The van der Waals surface area contributed by atoms with E-state index in [2.05, 4.69) is 23.8 Å². The number of halogens is 2. The second kappa shape index (κ2) is 7.69. The van der Waals surface area contributed by atoms with E-state index >= 15 is 0 Å². The summed E-state index contributed by atoms with van der Waals surface area (Å²) >= 11 is 12.1. The van der Waals surface area contributed by atoms with E-state index in [9.17, 15) is 5.26 Å². The molecule has 0 saturated carbocycles. The number of hydrogen-bond acceptors (Lipinski definition) is 6. The van der Waals surface area contributed by atoms with Gasteiger partial charge in [0.15, 0.2) is 6.23 Å². The van der Waals surface area contributed by atoms with E-state index in [-0.39, 0.29) is 30.0 Å². The third-order valence-corrected chi connectivity index (χ3v) is 6.04. The standard InChI is InChI=1S/C20H20Cl2N4O2/c1-2-3-14-18-17(11(9-23)19(24)28-20(18)26-25-14)16-7-6-15(27-16)10-4-5-12(21)13(22)8-10/h4-8,14,17-18,20,25-26H,2-3,24H2,1H3. The fraction of sp³-hybridized carbons (Fsp3) is 0.350. The van der Waals surface area contributed by atoms with Gasteiger partial charge in [-0.2, -0.15) is 5.26 Å². The Balaban J connectivity index is 1.74. The van der Waals surface area contributed by atoms with Crippen molar-refractivity contribution in [2.75, 3.05) is 0 Å². The lowest BCUT2D eigenvalue weighted by Gasteiger charge is -2.34. The van der Waals surface area contributed by atoms with Crippen LogP contribution >= 0.6 is 23.2 Å². The Hall–Kier alpha value is -2.17. The fourth-order valence-corrected chi connectivity index (χ4v) is 4.31. The van der Waals surface area contributed by atoms with Gasteiger partial charge in [0, 0.05) is 17.5 Å². The Morgan fingerprint density at radius 1 is 1.18 bits per heavy atom. The lowest BCUT2D eigenvalue weighted by Crippen LogP contribution is -2.41. The fourth-order valence-electron chi connectivity index (χ4n) is 4.01. The van der Waals surface area contributed by atoms with Crippen LogP contribution in [0.1, 0.15) is 31.4 Å². The summed E-state index contributed by atoms with van der Waals surface area (Å²) in [7, 11) is 0. The summed E-state index contributed by atoms with van der Waals surface area (Å²) < 4.78 is 11.9. The number of allylic oxidation sites excluding steroid dienone is 1. The first kappa shape index (κ1) is 19.2. The summed E-state index contributed by atoms with van der Waals surface area (Å²) in [5, 5.41) is 10.7. The van der Waals surface area contributed by atoms with Crippen LogP contribution < -0.4 is 16.6 Å². The first-order valence-corrected chi connectivity index (χ1v) is 9.91. The molecule has 0 spiro atoms. The third kappa shape index (κ3) is 3.25. The number of nitriles is 1. The summed E-state index contributed by atoms with van der Waals surface area (Å²) in [4.78, 5) is 0. The van der Waals surface area contributed by atoms with Crippen LogP contribution in [0.25, 0.3) is 11.3 Å². The molecule has 4 unspecified atom stereocenters. The molecule has 2 aliphatic rings. The quantitative estimate of drug-likeness (QED) is 0.685. The van der Waals surface area contributed by atoms with Crippen LogP contribution in [0.15, 0.2) is 46.2 Å². The molecule has 1 fully saturated rings. The lowest BCUT2D eigenvalue weighted by molar-refractivity contribution is 0.0307. The number of furan rings is 1. The maximum atomic E-state index is 9.74. The van der Waals surface area contributed by atoms with Gasteiger partial charge in [-0.3, -0.25) is 5.43 Å². The molecule has 2 aliphatic heterocycles. The largest absolute Gasteiger partial charge is 0.460 e. The van der Waals surface area contributed by atoms with Gasteiger partial charge in [-0.25, -0.2) is 5.43 Å². The number of rotatable bonds is 4. The molecule has 0 aliphatic carbocycles. The van der Waals surface area contributed by atoms with Crippen molar-refractivity contribution in [3.63, 3.8) is 0 Å². The van der Waals surface area contributed by atoms with E-state index in [1.807, 2.05) is 18.2 Å². The summed E-state index contributed by atoms with van der Waals surface area (Å²) in [6, 6.07) is 11.4. The average molecular weight is 419 g/mol. The highest BCUT2D eigenvalue weighted by Crippen LogP contribution is 2.45.